The van der Waals surface area contributed by atoms with Crippen molar-refractivity contribution >= 4 is 23.4 Å². The zero-order chi connectivity index (χ0) is 23.9. The van der Waals surface area contributed by atoms with Crippen molar-refractivity contribution < 1.29 is 19.0 Å². The fourth-order valence-electron chi connectivity index (χ4n) is 3.02. The van der Waals surface area contributed by atoms with E-state index in [1.165, 1.54) is 12.1 Å². The third-order valence-corrected chi connectivity index (χ3v) is 4.48. The van der Waals surface area contributed by atoms with Crippen LogP contribution in [-0.4, -0.2) is 33.9 Å². The van der Waals surface area contributed by atoms with Gasteiger partial charge in [-0.05, 0) is 52.3 Å². The molecule has 4 N–H and O–H groups in total. The summed E-state index contributed by atoms with van der Waals surface area (Å²) in [5.74, 6) is -0.555. The van der Waals surface area contributed by atoms with Gasteiger partial charge in [0.1, 0.15) is 17.4 Å². The maximum Gasteiger partial charge on any atom is 0.407 e. The predicted octanol–water partition coefficient (Wildman–Crippen LogP) is 5.04. The van der Waals surface area contributed by atoms with Crippen LogP contribution in [0.15, 0.2) is 30.3 Å². The lowest BCUT2D eigenvalue weighted by Gasteiger charge is -2.28. The zero-order valence-corrected chi connectivity index (χ0v) is 19.0. The molecule has 0 aliphatic carbocycles. The minimum atomic E-state index is -0.686. The number of nitrogens with one attached hydrogen (secondary N) is 3. The SMILES string of the molecule is CCC[C@@H](Nc1nc(Nc2cccc(O)c2)c(C#N)cc1F)[C@H](C)NC(=O)OC(C)(C)C. The van der Waals surface area contributed by atoms with Gasteiger partial charge in [0.05, 0.1) is 5.56 Å². The van der Waals surface area contributed by atoms with Crippen molar-refractivity contribution in [2.24, 2.45) is 0 Å². The second-order valence-electron chi connectivity index (χ2n) is 8.48. The van der Waals surface area contributed by atoms with Crippen LogP contribution < -0.4 is 16.0 Å². The zero-order valence-electron chi connectivity index (χ0n) is 19.0. The van der Waals surface area contributed by atoms with E-state index in [0.29, 0.717) is 12.1 Å². The Labute approximate surface area is 187 Å². The Hall–Kier alpha value is -3.54. The number of carbonyl (C=O) groups is 1. The van der Waals surface area contributed by atoms with Crippen LogP contribution in [0.3, 0.4) is 0 Å². The van der Waals surface area contributed by atoms with Gasteiger partial charge in [-0.2, -0.15) is 5.26 Å². The van der Waals surface area contributed by atoms with Crippen LogP contribution >= 0.6 is 0 Å². The van der Waals surface area contributed by atoms with E-state index in [1.807, 2.05) is 13.0 Å². The summed E-state index contributed by atoms with van der Waals surface area (Å²) in [5, 5.41) is 27.8. The number of phenols is 1. The van der Waals surface area contributed by atoms with E-state index in [2.05, 4.69) is 20.9 Å². The highest BCUT2D eigenvalue weighted by Crippen LogP contribution is 2.26. The van der Waals surface area contributed by atoms with Gasteiger partial charge in [0.2, 0.25) is 0 Å². The average Bonchev–Trinajstić information content (AvgIpc) is 2.68. The maximum atomic E-state index is 14.7. The second kappa shape index (κ2) is 10.7. The third kappa shape index (κ3) is 7.30. The Bertz CT molecular complexity index is 985. The molecule has 0 spiro atoms. The number of anilines is 3. The van der Waals surface area contributed by atoms with E-state index < -0.39 is 17.5 Å². The number of aromatic hydroxyl groups is 1. The van der Waals surface area contributed by atoms with Crippen molar-refractivity contribution in [1.29, 1.82) is 5.26 Å². The Morgan fingerprint density at radius 1 is 1.31 bits per heavy atom. The highest BCUT2D eigenvalue weighted by molar-refractivity contribution is 5.68. The van der Waals surface area contributed by atoms with Crippen molar-refractivity contribution in [1.82, 2.24) is 10.3 Å². The quantitative estimate of drug-likeness (QED) is 0.451. The van der Waals surface area contributed by atoms with Crippen molar-refractivity contribution in [3.8, 4) is 11.8 Å². The molecule has 0 aliphatic heterocycles. The van der Waals surface area contributed by atoms with Gasteiger partial charge in [0.25, 0.3) is 0 Å². The van der Waals surface area contributed by atoms with Crippen molar-refractivity contribution in [3.05, 3.63) is 41.7 Å². The van der Waals surface area contributed by atoms with E-state index in [4.69, 9.17) is 4.74 Å². The molecular formula is C23H30FN5O3. The molecule has 1 aromatic carbocycles. The molecule has 0 aliphatic rings. The van der Waals surface area contributed by atoms with E-state index in [0.717, 1.165) is 12.5 Å². The molecule has 0 bridgehead atoms. The summed E-state index contributed by atoms with van der Waals surface area (Å²) in [7, 11) is 0. The molecule has 2 rings (SSSR count). The van der Waals surface area contributed by atoms with Gasteiger partial charge in [-0.1, -0.05) is 19.4 Å². The molecule has 1 heterocycles. The summed E-state index contributed by atoms with van der Waals surface area (Å²) in [6.45, 7) is 9.10. The number of nitrogens with zero attached hydrogens (tertiary/aromatic N) is 2. The first kappa shape index (κ1) is 24.7. The molecule has 2 atom stereocenters. The number of hydrogen-bond donors (Lipinski definition) is 4. The molecule has 0 unspecified atom stereocenters. The van der Waals surface area contributed by atoms with Crippen LogP contribution in [0.4, 0.5) is 26.5 Å². The van der Waals surface area contributed by atoms with Gasteiger partial charge in [-0.15, -0.1) is 0 Å². The molecule has 8 nitrogen and oxygen atoms in total. The first-order valence-corrected chi connectivity index (χ1v) is 10.4. The molecule has 9 heteroatoms. The number of phenolic OH excluding ortho intramolecular Hbond substituents is 1. The van der Waals surface area contributed by atoms with Crippen LogP contribution in [0.5, 0.6) is 5.75 Å². The van der Waals surface area contributed by atoms with Crippen LogP contribution in [-0.2, 0) is 4.74 Å². The number of aromatic nitrogens is 1. The van der Waals surface area contributed by atoms with Crippen molar-refractivity contribution in [2.75, 3.05) is 10.6 Å². The van der Waals surface area contributed by atoms with Gasteiger partial charge < -0.3 is 25.8 Å². The highest BCUT2D eigenvalue weighted by atomic mass is 19.1. The number of benzene rings is 1. The van der Waals surface area contributed by atoms with Crippen LogP contribution in [0.25, 0.3) is 0 Å². The summed E-state index contributed by atoms with van der Waals surface area (Å²) >= 11 is 0. The smallest absolute Gasteiger partial charge is 0.407 e. The molecular weight excluding hydrogens is 413 g/mol. The largest absolute Gasteiger partial charge is 0.508 e. The molecule has 1 aromatic heterocycles. The van der Waals surface area contributed by atoms with Gasteiger partial charge in [-0.25, -0.2) is 14.2 Å². The van der Waals surface area contributed by atoms with Gasteiger partial charge in [0, 0.05) is 23.8 Å². The summed E-state index contributed by atoms with van der Waals surface area (Å²) in [5.41, 5.74) is -0.120. The number of amides is 1. The number of hydrogen-bond acceptors (Lipinski definition) is 7. The monoisotopic (exact) mass is 443 g/mol. The van der Waals surface area contributed by atoms with E-state index in [1.54, 1.807) is 39.8 Å². The Morgan fingerprint density at radius 3 is 2.62 bits per heavy atom. The molecule has 0 radical (unpaired) electrons. The second-order valence-corrected chi connectivity index (χ2v) is 8.48. The number of carbonyl (C=O) groups excluding carboxylic acids is 1. The molecule has 0 saturated carbocycles. The average molecular weight is 444 g/mol. The number of rotatable bonds is 8. The molecule has 2 aromatic rings. The fourth-order valence-corrected chi connectivity index (χ4v) is 3.02. The van der Waals surface area contributed by atoms with Gasteiger partial charge in [0.15, 0.2) is 17.5 Å². The van der Waals surface area contributed by atoms with Gasteiger partial charge in [-0.3, -0.25) is 0 Å². The van der Waals surface area contributed by atoms with Gasteiger partial charge >= 0.3 is 6.09 Å². The number of halogens is 1. The van der Waals surface area contributed by atoms with E-state index >= 15 is 0 Å². The molecule has 32 heavy (non-hydrogen) atoms. The topological polar surface area (TPSA) is 119 Å². The number of pyridine rings is 1. The van der Waals surface area contributed by atoms with E-state index in [-0.39, 0.29) is 35.0 Å². The summed E-state index contributed by atoms with van der Waals surface area (Å²) < 4.78 is 20.0. The summed E-state index contributed by atoms with van der Waals surface area (Å²) in [6, 6.07) is 8.58. The highest BCUT2D eigenvalue weighted by Gasteiger charge is 2.24. The lowest BCUT2D eigenvalue weighted by Crippen LogP contribution is -2.46. The summed E-state index contributed by atoms with van der Waals surface area (Å²) in [4.78, 5) is 16.4. The lowest BCUT2D eigenvalue weighted by atomic mass is 10.0. The normalized spacial score (nSPS) is 12.9. The Morgan fingerprint density at radius 2 is 2.03 bits per heavy atom. The third-order valence-electron chi connectivity index (χ3n) is 4.48. The Kier molecular flexibility index (Phi) is 8.24. The number of alkyl carbamates (subject to hydrolysis) is 1. The molecule has 0 saturated heterocycles. The summed E-state index contributed by atoms with van der Waals surface area (Å²) in [6.07, 6.45) is 0.852. The number of nitriles is 1. The number of ether oxygens (including phenoxy) is 1. The van der Waals surface area contributed by atoms with E-state index in [9.17, 15) is 19.6 Å². The van der Waals surface area contributed by atoms with Crippen LogP contribution in [0.2, 0.25) is 0 Å². The Balaban J connectivity index is 2.25. The minimum Gasteiger partial charge on any atom is -0.508 e. The lowest BCUT2D eigenvalue weighted by molar-refractivity contribution is 0.0502. The minimum absolute atomic E-state index is 0.0170. The van der Waals surface area contributed by atoms with Crippen molar-refractivity contribution in [3.63, 3.8) is 0 Å². The maximum absolute atomic E-state index is 14.7. The first-order valence-electron chi connectivity index (χ1n) is 10.4. The first-order chi connectivity index (χ1) is 15.0. The van der Waals surface area contributed by atoms with Crippen molar-refractivity contribution in [2.45, 2.75) is 65.1 Å². The standard InChI is InChI=1S/C23H30FN5O3/c1-6-8-19(14(2)26-22(31)32-23(3,4)5)28-21-18(24)11-15(13-25)20(29-21)27-16-9-7-10-17(30)12-16/h7,9-12,14,19,30H,6,8H2,1-5H3,(H,26,31)(H2,27,28,29)/t14-,19+/m0/s1. The molecule has 172 valence electrons. The molecule has 0 fully saturated rings. The van der Waals surface area contributed by atoms with Crippen LogP contribution in [0, 0.1) is 17.1 Å². The van der Waals surface area contributed by atoms with Crippen LogP contribution in [0.1, 0.15) is 53.0 Å². The predicted molar refractivity (Wildman–Crippen MR) is 121 cm³/mol. The molecule has 1 amide bonds. The fraction of sp³-hybridized carbons (Fsp3) is 0.435.